The maximum absolute atomic E-state index is 12.3. The van der Waals surface area contributed by atoms with Crippen LogP contribution in [0, 0.1) is 0 Å². The molecule has 3 heterocycles. The number of hydrogen-bond donors (Lipinski definition) is 3. The number of phenols is 1. The number of pyridine rings is 1. The number of fused-ring (bicyclic) bond motifs is 2. The first kappa shape index (κ1) is 19.7. The van der Waals surface area contributed by atoms with Crippen LogP contribution in [0.4, 0.5) is 26.9 Å². The first-order valence-electron chi connectivity index (χ1n) is 8.97. The van der Waals surface area contributed by atoms with Crippen molar-refractivity contribution in [1.29, 1.82) is 0 Å². The van der Waals surface area contributed by atoms with Gasteiger partial charge in [0.1, 0.15) is 11.4 Å². The molecule has 1 aliphatic rings. The van der Waals surface area contributed by atoms with E-state index in [-0.39, 0.29) is 29.5 Å². The molecule has 0 spiro atoms. The number of nitrogens with zero attached hydrogens (tertiary/aromatic N) is 4. The van der Waals surface area contributed by atoms with Gasteiger partial charge in [-0.15, -0.1) is 10.2 Å². The maximum atomic E-state index is 12.3. The molecule has 3 aromatic rings. The van der Waals surface area contributed by atoms with Crippen molar-refractivity contribution in [2.75, 3.05) is 17.7 Å². The van der Waals surface area contributed by atoms with E-state index in [9.17, 15) is 14.7 Å². The molecule has 2 amide bonds. The molecule has 0 radical (unpaired) electrons. The molecule has 0 fully saturated rings. The number of hydrogen-bond acceptors (Lipinski definition) is 9. The Bertz CT molecular complexity index is 1200. The molecule has 11 heteroatoms. The highest BCUT2D eigenvalue weighted by Gasteiger charge is 2.37. The Morgan fingerprint density at radius 3 is 2.97 bits per heavy atom. The Morgan fingerprint density at radius 2 is 2.20 bits per heavy atom. The predicted molar refractivity (Wildman–Crippen MR) is 112 cm³/mol. The lowest BCUT2D eigenvalue weighted by molar-refractivity contribution is -0.117. The van der Waals surface area contributed by atoms with E-state index in [4.69, 9.17) is 0 Å². The highest BCUT2D eigenvalue weighted by molar-refractivity contribution is 7.11. The van der Waals surface area contributed by atoms with Gasteiger partial charge in [0.2, 0.25) is 5.91 Å². The molecule has 0 saturated heterocycles. The number of nitrogens with one attached hydrogen (secondary N) is 2. The minimum absolute atomic E-state index is 0.106. The van der Waals surface area contributed by atoms with Crippen LogP contribution in [0.15, 0.2) is 34.6 Å². The van der Waals surface area contributed by atoms with Gasteiger partial charge in [0.05, 0.1) is 23.9 Å². The molecule has 1 aliphatic heterocycles. The van der Waals surface area contributed by atoms with E-state index in [0.717, 1.165) is 16.9 Å². The van der Waals surface area contributed by atoms with Gasteiger partial charge in [-0.2, -0.15) is 4.37 Å². The van der Waals surface area contributed by atoms with Crippen LogP contribution >= 0.6 is 11.5 Å². The van der Waals surface area contributed by atoms with Crippen LogP contribution in [0.1, 0.15) is 25.8 Å². The zero-order valence-corrected chi connectivity index (χ0v) is 17.2. The van der Waals surface area contributed by atoms with Crippen LogP contribution in [-0.2, 0) is 14.9 Å². The number of rotatable bonds is 3. The summed E-state index contributed by atoms with van der Waals surface area (Å²) in [7, 11) is 1.22. The Labute approximate surface area is 175 Å². The number of ether oxygens (including phenoxy) is 1. The Kier molecular flexibility index (Phi) is 4.82. The number of anilines is 2. The third-order valence-corrected chi connectivity index (χ3v) is 5.47. The quantitative estimate of drug-likeness (QED) is 0.413. The van der Waals surface area contributed by atoms with E-state index < -0.39 is 11.5 Å². The zero-order valence-electron chi connectivity index (χ0n) is 16.4. The Morgan fingerprint density at radius 1 is 1.40 bits per heavy atom. The SMILES string of the molecule is COC(=O)Nc1cc(/N=N/c2snc3ncccc23)c2c(c1O)C(C)(C)CC(=O)N2. The van der Waals surface area contributed by atoms with E-state index in [0.29, 0.717) is 21.9 Å². The van der Waals surface area contributed by atoms with Crippen molar-refractivity contribution in [3.8, 4) is 5.75 Å². The number of carbonyl (C=O) groups excluding carboxylic acids is 2. The van der Waals surface area contributed by atoms with Gasteiger partial charge in [-0.1, -0.05) is 13.8 Å². The number of azo groups is 1. The number of phenolic OH excluding ortho intramolecular Hbond substituents is 1. The van der Waals surface area contributed by atoms with Crippen LogP contribution in [0.25, 0.3) is 11.0 Å². The van der Waals surface area contributed by atoms with Gasteiger partial charge in [-0.3, -0.25) is 10.1 Å². The van der Waals surface area contributed by atoms with E-state index >= 15 is 0 Å². The molecule has 0 unspecified atom stereocenters. The number of aromatic hydroxyl groups is 1. The largest absolute Gasteiger partial charge is 0.505 e. The van der Waals surface area contributed by atoms with E-state index in [2.05, 4.69) is 35.0 Å². The molecule has 0 atom stereocenters. The topological polar surface area (TPSA) is 138 Å². The fourth-order valence-electron chi connectivity index (χ4n) is 3.40. The third kappa shape index (κ3) is 3.43. The number of aromatic nitrogens is 2. The molecule has 154 valence electrons. The van der Waals surface area contributed by atoms with Crippen molar-refractivity contribution < 1.29 is 19.4 Å². The lowest BCUT2D eigenvalue weighted by Crippen LogP contribution is -2.33. The van der Waals surface area contributed by atoms with Crippen molar-refractivity contribution in [2.45, 2.75) is 25.7 Å². The standard InChI is InChI=1S/C19H18N6O4S/c1-19(2)8-12(26)22-14-10(7-11(15(27)13(14)19)21-18(28)29-3)23-24-17-9-5-4-6-20-16(9)25-30-17/h4-7,27H,8H2,1-3H3,(H,21,28)(H,22,26)/b24-23+. The molecule has 3 N–H and O–H groups in total. The van der Waals surface area contributed by atoms with Gasteiger partial charge >= 0.3 is 6.09 Å². The second-order valence-corrected chi connectivity index (χ2v) is 8.08. The summed E-state index contributed by atoms with van der Waals surface area (Å²) >= 11 is 1.14. The molecule has 2 aromatic heterocycles. The molecule has 30 heavy (non-hydrogen) atoms. The number of carbonyl (C=O) groups is 2. The highest BCUT2D eigenvalue weighted by atomic mass is 32.1. The summed E-state index contributed by atoms with van der Waals surface area (Å²) in [4.78, 5) is 28.2. The van der Waals surface area contributed by atoms with Gasteiger partial charge in [-0.05, 0) is 29.7 Å². The summed E-state index contributed by atoms with van der Waals surface area (Å²) in [5.74, 6) is -0.365. The highest BCUT2D eigenvalue weighted by Crippen LogP contribution is 2.50. The van der Waals surface area contributed by atoms with Crippen LogP contribution in [0.3, 0.4) is 0 Å². The molecule has 0 aliphatic carbocycles. The van der Waals surface area contributed by atoms with Gasteiger partial charge in [-0.25, -0.2) is 9.78 Å². The summed E-state index contributed by atoms with van der Waals surface area (Å²) < 4.78 is 8.86. The molecule has 4 rings (SSSR count). The average Bonchev–Trinajstić information content (AvgIpc) is 3.11. The van der Waals surface area contributed by atoms with Crippen molar-refractivity contribution in [1.82, 2.24) is 9.36 Å². The summed E-state index contributed by atoms with van der Waals surface area (Å²) in [6.07, 6.45) is 1.06. The minimum Gasteiger partial charge on any atom is -0.505 e. The lowest BCUT2D eigenvalue weighted by atomic mass is 9.77. The first-order chi connectivity index (χ1) is 14.3. The normalized spacial score (nSPS) is 15.1. The summed E-state index contributed by atoms with van der Waals surface area (Å²) in [5, 5.41) is 25.9. The molecule has 0 saturated carbocycles. The van der Waals surface area contributed by atoms with E-state index in [1.807, 2.05) is 19.9 Å². The first-order valence-corrected chi connectivity index (χ1v) is 9.75. The van der Waals surface area contributed by atoms with Crippen molar-refractivity contribution >= 4 is 56.6 Å². The summed E-state index contributed by atoms with van der Waals surface area (Å²) in [5.41, 5.74) is 1.06. The van der Waals surface area contributed by atoms with Gasteiger partial charge in [0, 0.05) is 23.6 Å². The lowest BCUT2D eigenvalue weighted by Gasteiger charge is -2.33. The van der Waals surface area contributed by atoms with Gasteiger partial charge < -0.3 is 15.2 Å². The summed E-state index contributed by atoms with van der Waals surface area (Å²) in [6, 6.07) is 5.04. The molecular weight excluding hydrogens is 408 g/mol. The predicted octanol–water partition coefficient (Wildman–Crippen LogP) is 4.61. The third-order valence-electron chi connectivity index (χ3n) is 4.73. The minimum atomic E-state index is -0.745. The molecular formula is C19H18N6O4S. The van der Waals surface area contributed by atoms with Crippen LogP contribution in [0.2, 0.25) is 0 Å². The van der Waals surface area contributed by atoms with Crippen molar-refractivity contribution in [2.24, 2.45) is 10.2 Å². The number of methoxy groups -OCH3 is 1. The monoisotopic (exact) mass is 426 g/mol. The summed E-state index contributed by atoms with van der Waals surface area (Å²) in [6.45, 7) is 3.66. The second-order valence-electron chi connectivity index (χ2n) is 7.33. The van der Waals surface area contributed by atoms with Crippen molar-refractivity contribution in [3.05, 3.63) is 30.0 Å². The van der Waals surface area contributed by atoms with Gasteiger partial charge in [0.15, 0.2) is 10.6 Å². The fraction of sp³-hybridized carbons (Fsp3) is 0.263. The smallest absolute Gasteiger partial charge is 0.411 e. The van der Waals surface area contributed by atoms with Crippen LogP contribution in [0.5, 0.6) is 5.75 Å². The number of benzene rings is 1. The number of amides is 2. The average molecular weight is 426 g/mol. The Balaban J connectivity index is 1.86. The second kappa shape index (κ2) is 7.34. The van der Waals surface area contributed by atoms with E-state index in [1.54, 1.807) is 12.3 Å². The fourth-order valence-corrected chi connectivity index (χ4v) is 4.05. The molecule has 0 bridgehead atoms. The molecule has 10 nitrogen and oxygen atoms in total. The molecule has 1 aromatic carbocycles. The van der Waals surface area contributed by atoms with Crippen LogP contribution < -0.4 is 10.6 Å². The van der Waals surface area contributed by atoms with E-state index in [1.165, 1.54) is 13.2 Å². The van der Waals surface area contributed by atoms with Gasteiger partial charge in [0.25, 0.3) is 0 Å². The zero-order chi connectivity index (χ0) is 21.5. The Hall–Kier alpha value is -3.60. The van der Waals surface area contributed by atoms with Crippen LogP contribution in [-0.4, -0.2) is 33.6 Å². The van der Waals surface area contributed by atoms with Crippen molar-refractivity contribution in [3.63, 3.8) is 0 Å². The maximum Gasteiger partial charge on any atom is 0.411 e.